The molecule has 21 heavy (non-hydrogen) atoms. The van der Waals surface area contributed by atoms with Gasteiger partial charge in [0.15, 0.2) is 0 Å². The van der Waals surface area contributed by atoms with Crippen LogP contribution in [0.2, 0.25) is 0 Å². The van der Waals surface area contributed by atoms with Crippen molar-refractivity contribution in [2.75, 3.05) is 6.54 Å². The highest BCUT2D eigenvalue weighted by Gasteiger charge is 2.19. The number of nitrogens with zero attached hydrogens (tertiary/aromatic N) is 1. The third-order valence-corrected chi connectivity index (χ3v) is 5.32. The van der Waals surface area contributed by atoms with Crippen LogP contribution in [-0.2, 0) is 23.1 Å². The van der Waals surface area contributed by atoms with Crippen LogP contribution in [0.4, 0.5) is 0 Å². The number of sulfonamides is 1. The summed E-state index contributed by atoms with van der Waals surface area (Å²) in [6.07, 6.45) is 6.01. The topological polar surface area (TPSA) is 77.1 Å². The SMILES string of the molecule is CCCCC(CC)CNS(=O)(=O)c1cc(CN)n(CC)c1. The Hall–Kier alpha value is -0.850. The van der Waals surface area contributed by atoms with Gasteiger partial charge >= 0.3 is 0 Å². The second-order valence-electron chi connectivity index (χ2n) is 5.43. The first kappa shape index (κ1) is 18.2. The fourth-order valence-electron chi connectivity index (χ4n) is 2.39. The van der Waals surface area contributed by atoms with E-state index in [0.717, 1.165) is 37.9 Å². The van der Waals surface area contributed by atoms with Gasteiger partial charge in [-0.1, -0.05) is 33.1 Å². The fourth-order valence-corrected chi connectivity index (χ4v) is 3.57. The molecule has 122 valence electrons. The molecule has 1 unspecified atom stereocenters. The van der Waals surface area contributed by atoms with Crippen LogP contribution in [0.3, 0.4) is 0 Å². The molecule has 1 heterocycles. The zero-order valence-corrected chi connectivity index (χ0v) is 14.2. The van der Waals surface area contributed by atoms with Crippen LogP contribution >= 0.6 is 0 Å². The lowest BCUT2D eigenvalue weighted by atomic mass is 10.00. The lowest BCUT2D eigenvalue weighted by Gasteiger charge is -2.15. The molecule has 1 aromatic heterocycles. The van der Waals surface area contributed by atoms with E-state index in [1.54, 1.807) is 12.3 Å². The van der Waals surface area contributed by atoms with E-state index in [1.807, 2.05) is 11.5 Å². The molecule has 0 saturated heterocycles. The van der Waals surface area contributed by atoms with Crippen LogP contribution in [0.1, 0.15) is 52.1 Å². The minimum atomic E-state index is -3.44. The Balaban J connectivity index is 2.74. The van der Waals surface area contributed by atoms with Crippen LogP contribution in [0, 0.1) is 5.92 Å². The zero-order chi connectivity index (χ0) is 15.9. The maximum atomic E-state index is 12.4. The van der Waals surface area contributed by atoms with E-state index in [4.69, 9.17) is 5.73 Å². The first-order chi connectivity index (χ1) is 9.98. The van der Waals surface area contributed by atoms with Crippen LogP contribution in [0.5, 0.6) is 0 Å². The molecule has 0 bridgehead atoms. The Morgan fingerprint density at radius 2 is 2.05 bits per heavy atom. The van der Waals surface area contributed by atoms with E-state index in [2.05, 4.69) is 18.6 Å². The summed E-state index contributed by atoms with van der Waals surface area (Å²) in [6.45, 7) is 7.80. The highest BCUT2D eigenvalue weighted by molar-refractivity contribution is 7.89. The molecule has 0 aliphatic carbocycles. The third kappa shape index (κ3) is 5.13. The molecule has 0 aliphatic rings. The smallest absolute Gasteiger partial charge is 0.242 e. The normalized spacial score (nSPS) is 13.5. The summed E-state index contributed by atoms with van der Waals surface area (Å²) in [5.74, 6) is 0.405. The Morgan fingerprint density at radius 1 is 1.33 bits per heavy atom. The van der Waals surface area contributed by atoms with Crippen molar-refractivity contribution < 1.29 is 8.42 Å². The summed E-state index contributed by atoms with van der Waals surface area (Å²) in [7, 11) is -3.44. The summed E-state index contributed by atoms with van der Waals surface area (Å²) in [5, 5.41) is 0. The predicted molar refractivity (Wildman–Crippen MR) is 86.5 cm³/mol. The molecule has 0 aromatic carbocycles. The number of hydrogen-bond donors (Lipinski definition) is 2. The van der Waals surface area contributed by atoms with E-state index < -0.39 is 10.0 Å². The van der Waals surface area contributed by atoms with Crippen molar-refractivity contribution in [2.45, 2.75) is 64.4 Å². The van der Waals surface area contributed by atoms with Gasteiger partial charge in [0.25, 0.3) is 0 Å². The van der Waals surface area contributed by atoms with Gasteiger partial charge in [-0.15, -0.1) is 0 Å². The number of unbranched alkanes of at least 4 members (excludes halogenated alkanes) is 1. The van der Waals surface area contributed by atoms with E-state index in [9.17, 15) is 8.42 Å². The van der Waals surface area contributed by atoms with E-state index in [1.165, 1.54) is 0 Å². The molecule has 0 aliphatic heterocycles. The minimum Gasteiger partial charge on any atom is -0.349 e. The molecule has 0 fully saturated rings. The molecule has 5 nitrogen and oxygen atoms in total. The van der Waals surface area contributed by atoms with Gasteiger partial charge in [-0.25, -0.2) is 13.1 Å². The fraction of sp³-hybridized carbons (Fsp3) is 0.733. The van der Waals surface area contributed by atoms with Gasteiger partial charge in [0.2, 0.25) is 10.0 Å². The van der Waals surface area contributed by atoms with Crippen LogP contribution in [0.25, 0.3) is 0 Å². The lowest BCUT2D eigenvalue weighted by Crippen LogP contribution is -2.29. The van der Waals surface area contributed by atoms with E-state index in [0.29, 0.717) is 23.9 Å². The van der Waals surface area contributed by atoms with Gasteiger partial charge in [0, 0.05) is 31.5 Å². The number of rotatable bonds is 10. The van der Waals surface area contributed by atoms with Crippen LogP contribution in [-0.4, -0.2) is 19.5 Å². The zero-order valence-electron chi connectivity index (χ0n) is 13.4. The van der Waals surface area contributed by atoms with Gasteiger partial charge in [-0.2, -0.15) is 0 Å². The number of nitrogens with one attached hydrogen (secondary N) is 1. The summed E-state index contributed by atoms with van der Waals surface area (Å²) in [6, 6.07) is 1.67. The maximum absolute atomic E-state index is 12.4. The van der Waals surface area contributed by atoms with Gasteiger partial charge in [-0.05, 0) is 25.3 Å². The second kappa shape index (κ2) is 8.56. The number of aromatic nitrogens is 1. The van der Waals surface area contributed by atoms with E-state index >= 15 is 0 Å². The lowest BCUT2D eigenvalue weighted by molar-refractivity contribution is 0.443. The molecular formula is C15H29N3O2S. The first-order valence-electron chi connectivity index (χ1n) is 7.87. The van der Waals surface area contributed by atoms with Crippen molar-refractivity contribution in [3.05, 3.63) is 18.0 Å². The van der Waals surface area contributed by atoms with Crippen LogP contribution in [0.15, 0.2) is 17.2 Å². The molecule has 1 aromatic rings. The van der Waals surface area contributed by atoms with Gasteiger partial charge in [-0.3, -0.25) is 0 Å². The average Bonchev–Trinajstić information content (AvgIpc) is 2.91. The van der Waals surface area contributed by atoms with E-state index in [-0.39, 0.29) is 0 Å². The van der Waals surface area contributed by atoms with Crippen molar-refractivity contribution in [3.63, 3.8) is 0 Å². The third-order valence-electron chi connectivity index (χ3n) is 3.93. The van der Waals surface area contributed by atoms with Gasteiger partial charge in [0.1, 0.15) is 0 Å². The van der Waals surface area contributed by atoms with Crippen molar-refractivity contribution >= 4 is 10.0 Å². The van der Waals surface area contributed by atoms with Crippen molar-refractivity contribution in [1.82, 2.24) is 9.29 Å². The molecule has 0 spiro atoms. The largest absolute Gasteiger partial charge is 0.349 e. The highest BCUT2D eigenvalue weighted by Crippen LogP contribution is 2.16. The molecule has 0 amide bonds. The number of nitrogens with two attached hydrogens (primary N) is 1. The van der Waals surface area contributed by atoms with Gasteiger partial charge in [0.05, 0.1) is 4.90 Å². The molecule has 0 radical (unpaired) electrons. The first-order valence-corrected chi connectivity index (χ1v) is 9.35. The van der Waals surface area contributed by atoms with Crippen molar-refractivity contribution in [2.24, 2.45) is 11.7 Å². The average molecular weight is 315 g/mol. The summed E-state index contributed by atoms with van der Waals surface area (Å²) in [5.41, 5.74) is 6.49. The molecule has 1 rings (SSSR count). The summed E-state index contributed by atoms with van der Waals surface area (Å²) in [4.78, 5) is 0.315. The molecule has 0 saturated carbocycles. The highest BCUT2D eigenvalue weighted by atomic mass is 32.2. The van der Waals surface area contributed by atoms with Crippen molar-refractivity contribution in [3.8, 4) is 0 Å². The summed E-state index contributed by atoms with van der Waals surface area (Å²) < 4.78 is 29.3. The summed E-state index contributed by atoms with van der Waals surface area (Å²) >= 11 is 0. The van der Waals surface area contributed by atoms with Crippen molar-refractivity contribution in [1.29, 1.82) is 0 Å². The Bertz CT molecular complexity index is 502. The Morgan fingerprint density at radius 3 is 2.52 bits per heavy atom. The van der Waals surface area contributed by atoms with Crippen LogP contribution < -0.4 is 10.5 Å². The number of aryl methyl sites for hydroxylation is 1. The monoisotopic (exact) mass is 315 g/mol. The molecule has 6 heteroatoms. The molecular weight excluding hydrogens is 286 g/mol. The minimum absolute atomic E-state index is 0.315. The Labute approximate surface area is 129 Å². The standard InChI is InChI=1S/C15H29N3O2S/c1-4-7-8-13(5-2)11-17-21(19,20)15-9-14(10-16)18(6-3)12-15/h9,12-13,17H,4-8,10-11,16H2,1-3H3. The second-order valence-corrected chi connectivity index (χ2v) is 7.19. The van der Waals surface area contributed by atoms with Gasteiger partial charge < -0.3 is 10.3 Å². The Kier molecular flexibility index (Phi) is 7.42. The molecule has 1 atom stereocenters. The quantitative estimate of drug-likeness (QED) is 0.696. The number of hydrogen-bond acceptors (Lipinski definition) is 3. The predicted octanol–water partition coefficient (Wildman–Crippen LogP) is 2.46. The molecule has 3 N–H and O–H groups in total. The maximum Gasteiger partial charge on any atom is 0.242 e.